The molecule has 3 nitrogen and oxygen atoms in total. The molecular formula is C24H25BrNO2P. The van der Waals surface area contributed by atoms with E-state index in [1.54, 1.807) is 7.11 Å². The van der Waals surface area contributed by atoms with Crippen molar-refractivity contribution in [2.24, 2.45) is 0 Å². The lowest BCUT2D eigenvalue weighted by Crippen LogP contribution is -2.40. The smallest absolute Gasteiger partial charge is 0.173 e. The topological polar surface area (TPSA) is 29.5 Å². The minimum atomic E-state index is -3.08. The monoisotopic (exact) mass is 469 g/mol. The van der Waals surface area contributed by atoms with Crippen molar-refractivity contribution >= 4 is 44.7 Å². The Hall–Kier alpha value is -2.03. The zero-order valence-corrected chi connectivity index (χ0v) is 19.0. The van der Waals surface area contributed by atoms with Crippen LogP contribution >= 0.6 is 23.1 Å². The van der Waals surface area contributed by atoms with Crippen LogP contribution in [0, 0.1) is 0 Å². The Balaban J connectivity index is 1.98. The standard InChI is InChI=1S/C24H25BrNO2P/c1-28-22-15-8-16-23(24(22)26-17-9-10-19(25)18-26)29(27,20-11-4-2-5-12-20)21-13-6-3-7-14-21/h2-8,11-16,19H,9-10,17-18H2,1H3/t19-/m0/s1. The van der Waals surface area contributed by atoms with Crippen LogP contribution in [0.3, 0.4) is 0 Å². The Morgan fingerprint density at radius 3 is 2.10 bits per heavy atom. The molecule has 0 aromatic heterocycles. The molecule has 1 fully saturated rings. The maximum absolute atomic E-state index is 14.9. The first-order valence-corrected chi connectivity index (χ1v) is 12.5. The van der Waals surface area contributed by atoms with Crippen LogP contribution in [0.15, 0.2) is 78.9 Å². The van der Waals surface area contributed by atoms with Gasteiger partial charge < -0.3 is 14.2 Å². The van der Waals surface area contributed by atoms with Crippen LogP contribution in [0.2, 0.25) is 0 Å². The first-order chi connectivity index (χ1) is 14.1. The first-order valence-electron chi connectivity index (χ1n) is 9.92. The average molecular weight is 470 g/mol. The third kappa shape index (κ3) is 3.89. The van der Waals surface area contributed by atoms with Gasteiger partial charge in [0.15, 0.2) is 7.14 Å². The third-order valence-corrected chi connectivity index (χ3v) is 9.29. The Labute approximate surface area is 181 Å². The van der Waals surface area contributed by atoms with Crippen LogP contribution in [-0.2, 0) is 4.57 Å². The number of benzene rings is 3. The highest BCUT2D eigenvalue weighted by atomic mass is 79.9. The zero-order chi connectivity index (χ0) is 20.3. The van der Waals surface area contributed by atoms with E-state index in [-0.39, 0.29) is 0 Å². The van der Waals surface area contributed by atoms with Crippen molar-refractivity contribution in [3.05, 3.63) is 78.9 Å². The van der Waals surface area contributed by atoms with Crippen molar-refractivity contribution in [1.82, 2.24) is 0 Å². The summed E-state index contributed by atoms with van der Waals surface area (Å²) in [7, 11) is -1.39. The summed E-state index contributed by atoms with van der Waals surface area (Å²) in [5.41, 5.74) is 0.954. The Bertz CT molecular complexity index is 966. The highest BCUT2D eigenvalue weighted by molar-refractivity contribution is 9.09. The predicted octanol–water partition coefficient (Wildman–Crippen LogP) is 4.70. The number of rotatable bonds is 5. The molecule has 0 unspecified atom stereocenters. The van der Waals surface area contributed by atoms with Crippen molar-refractivity contribution in [2.45, 2.75) is 17.7 Å². The third-order valence-electron chi connectivity index (χ3n) is 5.46. The fourth-order valence-corrected chi connectivity index (χ4v) is 7.64. The van der Waals surface area contributed by atoms with Crippen molar-refractivity contribution < 1.29 is 9.30 Å². The molecule has 3 aromatic rings. The summed E-state index contributed by atoms with van der Waals surface area (Å²) in [6.07, 6.45) is 2.24. The second-order valence-corrected chi connectivity index (χ2v) is 11.3. The summed E-state index contributed by atoms with van der Waals surface area (Å²) in [6.45, 7) is 1.80. The first kappa shape index (κ1) is 20.3. The van der Waals surface area contributed by atoms with Gasteiger partial charge in [0.25, 0.3) is 0 Å². The van der Waals surface area contributed by atoms with Gasteiger partial charge in [-0.1, -0.05) is 82.7 Å². The fraction of sp³-hybridized carbons (Fsp3) is 0.250. The van der Waals surface area contributed by atoms with Gasteiger partial charge in [0.2, 0.25) is 0 Å². The summed E-state index contributed by atoms with van der Waals surface area (Å²) in [5.74, 6) is 0.774. The van der Waals surface area contributed by atoms with Gasteiger partial charge >= 0.3 is 0 Å². The van der Waals surface area contributed by atoms with Crippen LogP contribution in [0.4, 0.5) is 5.69 Å². The van der Waals surface area contributed by atoms with Crippen molar-refractivity contribution in [3.63, 3.8) is 0 Å². The van der Waals surface area contributed by atoms with Gasteiger partial charge in [-0.25, -0.2) is 0 Å². The normalized spacial score (nSPS) is 17.2. The molecule has 1 heterocycles. The molecule has 0 saturated carbocycles. The number of halogens is 1. The average Bonchev–Trinajstić information content (AvgIpc) is 2.79. The molecular weight excluding hydrogens is 445 g/mol. The maximum atomic E-state index is 14.9. The number of methoxy groups -OCH3 is 1. The minimum absolute atomic E-state index is 0.418. The molecule has 0 N–H and O–H groups in total. The number of hydrogen-bond donors (Lipinski definition) is 0. The van der Waals surface area contributed by atoms with Crippen molar-refractivity contribution in [1.29, 1.82) is 0 Å². The quantitative estimate of drug-likeness (QED) is 0.400. The molecule has 1 aliphatic rings. The van der Waals surface area contributed by atoms with Crippen molar-refractivity contribution in [2.75, 3.05) is 25.1 Å². The summed E-state index contributed by atoms with van der Waals surface area (Å²) in [4.78, 5) is 2.75. The molecule has 0 amide bonds. The van der Waals surface area contributed by atoms with Gasteiger partial charge in [-0.2, -0.15) is 0 Å². The summed E-state index contributed by atoms with van der Waals surface area (Å²) >= 11 is 3.79. The molecule has 0 bridgehead atoms. The van der Waals surface area contributed by atoms with E-state index in [0.29, 0.717) is 4.83 Å². The van der Waals surface area contributed by atoms with E-state index in [2.05, 4.69) is 20.8 Å². The van der Waals surface area contributed by atoms with E-state index in [4.69, 9.17) is 4.74 Å². The second kappa shape index (κ2) is 8.77. The van der Waals surface area contributed by atoms with E-state index in [1.807, 2.05) is 78.9 Å². The van der Waals surface area contributed by atoms with E-state index in [0.717, 1.165) is 53.3 Å². The van der Waals surface area contributed by atoms with Gasteiger partial charge in [0.05, 0.1) is 12.8 Å². The highest BCUT2D eigenvalue weighted by Gasteiger charge is 2.35. The molecule has 5 heteroatoms. The van der Waals surface area contributed by atoms with Gasteiger partial charge in [0, 0.05) is 33.8 Å². The van der Waals surface area contributed by atoms with Crippen LogP contribution < -0.4 is 25.6 Å². The van der Waals surface area contributed by atoms with Crippen LogP contribution in [0.1, 0.15) is 12.8 Å². The van der Waals surface area contributed by atoms with E-state index >= 15 is 0 Å². The van der Waals surface area contributed by atoms with Gasteiger partial charge in [0.1, 0.15) is 5.75 Å². The second-order valence-electron chi connectivity index (χ2n) is 7.29. The van der Waals surface area contributed by atoms with E-state index in [1.165, 1.54) is 0 Å². The molecule has 4 rings (SSSR count). The predicted molar refractivity (Wildman–Crippen MR) is 127 cm³/mol. The molecule has 0 aliphatic carbocycles. The molecule has 0 spiro atoms. The number of piperidine rings is 1. The molecule has 1 aliphatic heterocycles. The molecule has 1 saturated heterocycles. The lowest BCUT2D eigenvalue weighted by atomic mass is 10.1. The van der Waals surface area contributed by atoms with Gasteiger partial charge in [-0.05, 0) is 25.0 Å². The fourth-order valence-electron chi connectivity index (χ4n) is 4.08. The molecule has 3 aromatic carbocycles. The molecule has 150 valence electrons. The Morgan fingerprint density at radius 2 is 1.55 bits per heavy atom. The zero-order valence-electron chi connectivity index (χ0n) is 16.5. The van der Waals surface area contributed by atoms with Crippen LogP contribution in [0.25, 0.3) is 0 Å². The van der Waals surface area contributed by atoms with Gasteiger partial charge in [-0.15, -0.1) is 0 Å². The Morgan fingerprint density at radius 1 is 0.931 bits per heavy atom. The number of para-hydroxylation sites is 1. The number of anilines is 1. The maximum Gasteiger partial charge on any atom is 0.173 e. The molecule has 29 heavy (non-hydrogen) atoms. The summed E-state index contributed by atoms with van der Waals surface area (Å²) in [5, 5.41) is 2.53. The molecule has 1 atom stereocenters. The summed E-state index contributed by atoms with van der Waals surface area (Å²) in [6, 6.07) is 25.6. The number of alkyl halides is 1. The van der Waals surface area contributed by atoms with Gasteiger partial charge in [-0.3, -0.25) is 0 Å². The van der Waals surface area contributed by atoms with E-state index < -0.39 is 7.14 Å². The highest BCUT2D eigenvalue weighted by Crippen LogP contribution is 2.47. The lowest BCUT2D eigenvalue weighted by Gasteiger charge is -2.35. The molecule has 0 radical (unpaired) electrons. The van der Waals surface area contributed by atoms with E-state index in [9.17, 15) is 4.57 Å². The number of hydrogen-bond acceptors (Lipinski definition) is 3. The number of ether oxygens (including phenoxy) is 1. The largest absolute Gasteiger partial charge is 0.495 e. The minimum Gasteiger partial charge on any atom is -0.495 e. The summed E-state index contributed by atoms with van der Waals surface area (Å²) < 4.78 is 20.7. The SMILES string of the molecule is COc1cccc(P(=O)(c2ccccc2)c2ccccc2)c1N1CCC[C@H](Br)C1. The van der Waals surface area contributed by atoms with Crippen molar-refractivity contribution in [3.8, 4) is 5.75 Å². The Kier molecular flexibility index (Phi) is 6.12. The number of nitrogens with zero attached hydrogens (tertiary/aromatic N) is 1. The lowest BCUT2D eigenvalue weighted by molar-refractivity contribution is 0.413. The van der Waals surface area contributed by atoms with Crippen LogP contribution in [-0.4, -0.2) is 25.0 Å². The van der Waals surface area contributed by atoms with Crippen LogP contribution in [0.5, 0.6) is 5.75 Å².